The monoisotopic (exact) mass is 289 g/mol. The molecule has 0 aliphatic rings. The Hall–Kier alpha value is -2.48. The van der Waals surface area contributed by atoms with Crippen LogP contribution >= 0.6 is 11.3 Å². The molecule has 0 aliphatic carbocycles. The van der Waals surface area contributed by atoms with Crippen molar-refractivity contribution >= 4 is 32.9 Å². The average Bonchev–Trinajstić information content (AvgIpc) is 3.03. The van der Waals surface area contributed by atoms with Gasteiger partial charge in [-0.25, -0.2) is 4.98 Å². The first-order valence-corrected chi connectivity index (χ1v) is 6.76. The molecule has 20 heavy (non-hydrogen) atoms. The van der Waals surface area contributed by atoms with Gasteiger partial charge in [-0.15, -0.1) is 11.3 Å². The Morgan fingerprint density at radius 3 is 3.00 bits per heavy atom. The molecule has 8 heteroatoms. The zero-order valence-corrected chi connectivity index (χ0v) is 11.4. The molecule has 1 aromatic carbocycles. The number of nitro groups is 1. The quantitative estimate of drug-likeness (QED) is 0.589. The maximum atomic E-state index is 11.3. The number of benzene rings is 1. The maximum Gasteiger partial charge on any atom is 0.319 e. The van der Waals surface area contributed by atoms with Crippen molar-refractivity contribution in [1.82, 2.24) is 14.8 Å². The van der Waals surface area contributed by atoms with Gasteiger partial charge in [0.25, 0.3) is 0 Å². The minimum absolute atomic E-state index is 0.0194. The lowest BCUT2D eigenvalue weighted by molar-refractivity contribution is -0.382. The fraction of sp³-hybridized carbons (Fsp3) is 0.167. The van der Waals surface area contributed by atoms with Crippen LogP contribution in [0.2, 0.25) is 0 Å². The molecule has 7 nitrogen and oxygen atoms in total. The highest BCUT2D eigenvalue weighted by Crippen LogP contribution is 2.34. The molecule has 0 aliphatic heterocycles. The van der Waals surface area contributed by atoms with E-state index in [0.29, 0.717) is 17.7 Å². The first-order valence-electron chi connectivity index (χ1n) is 5.88. The van der Waals surface area contributed by atoms with Crippen LogP contribution in [0.25, 0.3) is 10.2 Å². The standard InChI is InChI=1S/C12H11N5O2S/c1-16-8(4-5-15-16)6-13-9-2-3-10-11(14-7-20-10)12(9)17(18)19/h2-5,7,13H,6H2,1H3. The number of hydrogen-bond donors (Lipinski definition) is 1. The molecule has 0 unspecified atom stereocenters. The van der Waals surface area contributed by atoms with Gasteiger partial charge in [0.05, 0.1) is 27.4 Å². The predicted octanol–water partition coefficient (Wildman–Crippen LogP) is 2.55. The number of aromatic nitrogens is 3. The van der Waals surface area contributed by atoms with Crippen molar-refractivity contribution in [2.24, 2.45) is 7.05 Å². The Kier molecular flexibility index (Phi) is 3.07. The van der Waals surface area contributed by atoms with E-state index in [9.17, 15) is 10.1 Å². The number of fused-ring (bicyclic) bond motifs is 1. The molecule has 3 rings (SSSR count). The zero-order chi connectivity index (χ0) is 14.1. The summed E-state index contributed by atoms with van der Waals surface area (Å²) in [5.41, 5.74) is 3.47. The summed E-state index contributed by atoms with van der Waals surface area (Å²) in [7, 11) is 1.83. The highest BCUT2D eigenvalue weighted by Gasteiger charge is 2.20. The summed E-state index contributed by atoms with van der Waals surface area (Å²) in [5.74, 6) is 0. The van der Waals surface area contributed by atoms with Gasteiger partial charge >= 0.3 is 5.69 Å². The fourth-order valence-electron chi connectivity index (χ4n) is 2.00. The molecular formula is C12H11N5O2S. The van der Waals surface area contributed by atoms with Gasteiger partial charge in [-0.2, -0.15) is 5.10 Å². The number of anilines is 1. The van der Waals surface area contributed by atoms with Crippen molar-refractivity contribution < 1.29 is 4.92 Å². The minimum Gasteiger partial charge on any atom is -0.374 e. The van der Waals surface area contributed by atoms with E-state index < -0.39 is 4.92 Å². The first kappa shape index (κ1) is 12.5. The molecule has 3 aromatic rings. The summed E-state index contributed by atoms with van der Waals surface area (Å²) >= 11 is 1.39. The lowest BCUT2D eigenvalue weighted by Gasteiger charge is -2.07. The number of aryl methyl sites for hydroxylation is 1. The number of thiazole rings is 1. The average molecular weight is 289 g/mol. The summed E-state index contributed by atoms with van der Waals surface area (Å²) < 4.78 is 2.53. The van der Waals surface area contributed by atoms with Gasteiger partial charge in [0.1, 0.15) is 5.69 Å². The summed E-state index contributed by atoms with van der Waals surface area (Å²) in [6.07, 6.45) is 1.69. The SMILES string of the molecule is Cn1nccc1CNc1ccc2scnc2c1[N+](=O)[O-]. The number of nitrogens with zero attached hydrogens (tertiary/aromatic N) is 4. The Morgan fingerprint density at radius 1 is 1.45 bits per heavy atom. The van der Waals surface area contributed by atoms with Gasteiger partial charge in [-0.1, -0.05) is 0 Å². The number of rotatable bonds is 4. The molecule has 0 spiro atoms. The molecule has 1 N–H and O–H groups in total. The molecule has 0 saturated heterocycles. The van der Waals surface area contributed by atoms with E-state index in [2.05, 4.69) is 15.4 Å². The van der Waals surface area contributed by atoms with Gasteiger partial charge in [0, 0.05) is 13.2 Å². The summed E-state index contributed by atoms with van der Waals surface area (Å²) in [5, 5.41) is 18.4. The smallest absolute Gasteiger partial charge is 0.319 e. The summed E-state index contributed by atoms with van der Waals surface area (Å²) in [4.78, 5) is 15.0. The zero-order valence-electron chi connectivity index (χ0n) is 10.6. The van der Waals surface area contributed by atoms with Gasteiger partial charge in [-0.3, -0.25) is 14.8 Å². The molecule has 0 fully saturated rings. The molecule has 0 saturated carbocycles. The Balaban J connectivity index is 1.96. The van der Waals surface area contributed by atoms with Crippen LogP contribution in [0.1, 0.15) is 5.69 Å². The fourth-order valence-corrected chi connectivity index (χ4v) is 2.68. The van der Waals surface area contributed by atoms with E-state index in [1.54, 1.807) is 22.5 Å². The van der Waals surface area contributed by atoms with Crippen LogP contribution in [0.4, 0.5) is 11.4 Å². The molecule has 102 valence electrons. The number of nitrogens with one attached hydrogen (secondary N) is 1. The van der Waals surface area contributed by atoms with Gasteiger partial charge in [0.15, 0.2) is 5.52 Å². The van der Waals surface area contributed by atoms with E-state index in [1.165, 1.54) is 11.3 Å². The molecule has 2 aromatic heterocycles. The maximum absolute atomic E-state index is 11.3. The van der Waals surface area contributed by atoms with E-state index in [4.69, 9.17) is 0 Å². The van der Waals surface area contributed by atoms with E-state index in [0.717, 1.165) is 10.4 Å². The van der Waals surface area contributed by atoms with E-state index >= 15 is 0 Å². The number of hydrogen-bond acceptors (Lipinski definition) is 6. The van der Waals surface area contributed by atoms with Crippen LogP contribution < -0.4 is 5.32 Å². The molecule has 0 amide bonds. The Morgan fingerprint density at radius 2 is 2.30 bits per heavy atom. The molecule has 0 bridgehead atoms. The second-order valence-corrected chi connectivity index (χ2v) is 5.10. The molecular weight excluding hydrogens is 278 g/mol. The topological polar surface area (TPSA) is 85.9 Å². The normalized spacial score (nSPS) is 10.8. The van der Waals surface area contributed by atoms with Gasteiger partial charge in [0.2, 0.25) is 0 Å². The van der Waals surface area contributed by atoms with Crippen LogP contribution in [-0.2, 0) is 13.6 Å². The lowest BCUT2D eigenvalue weighted by Crippen LogP contribution is -2.07. The predicted molar refractivity (Wildman–Crippen MR) is 76.8 cm³/mol. The van der Waals surface area contributed by atoms with E-state index in [-0.39, 0.29) is 5.69 Å². The summed E-state index contributed by atoms with van der Waals surface area (Å²) in [6.45, 7) is 0.465. The van der Waals surface area contributed by atoms with Crippen molar-refractivity contribution in [3.05, 3.63) is 45.7 Å². The highest BCUT2D eigenvalue weighted by atomic mass is 32.1. The van der Waals surface area contributed by atoms with Crippen molar-refractivity contribution in [1.29, 1.82) is 0 Å². The molecule has 0 atom stereocenters. The van der Waals surface area contributed by atoms with Crippen molar-refractivity contribution in [3.63, 3.8) is 0 Å². The third kappa shape index (κ3) is 2.10. The molecule has 0 radical (unpaired) electrons. The van der Waals surface area contributed by atoms with Gasteiger partial charge < -0.3 is 5.32 Å². The van der Waals surface area contributed by atoms with Crippen molar-refractivity contribution in [2.45, 2.75) is 6.54 Å². The van der Waals surface area contributed by atoms with Crippen LogP contribution in [0.15, 0.2) is 29.9 Å². The second-order valence-electron chi connectivity index (χ2n) is 4.22. The van der Waals surface area contributed by atoms with Crippen LogP contribution in [-0.4, -0.2) is 19.7 Å². The Bertz CT molecular complexity index is 779. The molecule has 2 heterocycles. The van der Waals surface area contributed by atoms with Crippen LogP contribution in [0.5, 0.6) is 0 Å². The highest BCUT2D eigenvalue weighted by molar-refractivity contribution is 7.16. The third-order valence-corrected chi connectivity index (χ3v) is 3.83. The summed E-state index contributed by atoms with van der Waals surface area (Å²) in [6, 6.07) is 5.42. The third-order valence-electron chi connectivity index (χ3n) is 3.04. The van der Waals surface area contributed by atoms with Crippen molar-refractivity contribution in [2.75, 3.05) is 5.32 Å². The lowest BCUT2D eigenvalue weighted by atomic mass is 10.2. The Labute approximate surface area is 118 Å². The van der Waals surface area contributed by atoms with Gasteiger partial charge in [-0.05, 0) is 18.2 Å². The van der Waals surface area contributed by atoms with E-state index in [1.807, 2.05) is 19.2 Å². The number of nitro benzene ring substituents is 1. The van der Waals surface area contributed by atoms with Crippen LogP contribution in [0.3, 0.4) is 0 Å². The minimum atomic E-state index is -0.395. The first-order chi connectivity index (χ1) is 9.66. The second kappa shape index (κ2) is 4.89. The van der Waals surface area contributed by atoms with Crippen molar-refractivity contribution in [3.8, 4) is 0 Å². The largest absolute Gasteiger partial charge is 0.374 e. The van der Waals surface area contributed by atoms with Crippen LogP contribution in [0, 0.1) is 10.1 Å².